The summed E-state index contributed by atoms with van der Waals surface area (Å²) in [5, 5.41) is 26.1. The van der Waals surface area contributed by atoms with Crippen molar-refractivity contribution in [2.45, 2.75) is 86.9 Å². The molecule has 2 saturated heterocycles. The van der Waals surface area contributed by atoms with E-state index in [-0.39, 0.29) is 52.4 Å². The Morgan fingerprint density at radius 1 is 0.983 bits per heavy atom. The predicted octanol–water partition coefficient (Wildman–Crippen LogP) is 3.11. The summed E-state index contributed by atoms with van der Waals surface area (Å²) in [6.07, 6.45) is -1.65. The number of hydrogen-bond acceptors (Lipinski definition) is 15. The molecule has 9 rings (SSSR count). The second kappa shape index (κ2) is 14.2. The third-order valence-corrected chi connectivity index (χ3v) is 15.1. The van der Waals surface area contributed by atoms with Crippen LogP contribution in [0.15, 0.2) is 81.3 Å². The lowest BCUT2D eigenvalue weighted by molar-refractivity contribution is -0.744. The number of ether oxygens (including phenoxy) is 5. The van der Waals surface area contributed by atoms with Gasteiger partial charge in [-0.15, -0.1) is 0 Å². The molecule has 18 heteroatoms. The molecule has 0 amide bonds. The molecular formula is C41H45N2O15S+. The Kier molecular flexibility index (Phi) is 9.80. The molecule has 3 N–H and O–H groups in total. The average molecular weight is 838 g/mol. The van der Waals surface area contributed by atoms with Gasteiger partial charge in [-0.2, -0.15) is 0 Å². The number of nitrogens with zero attached hydrogens (tertiary/aromatic N) is 1. The van der Waals surface area contributed by atoms with Crippen LogP contribution in [0.2, 0.25) is 0 Å². The molecule has 3 aromatic rings. The number of H-pyrrole nitrogens is 1. The fourth-order valence-corrected chi connectivity index (χ4v) is 12.4. The quantitative estimate of drug-likeness (QED) is 0.109. The number of ketones is 1. The van der Waals surface area contributed by atoms with E-state index in [0.717, 1.165) is 0 Å². The zero-order valence-corrected chi connectivity index (χ0v) is 33.4. The van der Waals surface area contributed by atoms with Gasteiger partial charge >= 0.3 is 28.8 Å². The number of benzene rings is 2. The van der Waals surface area contributed by atoms with E-state index < -0.39 is 103 Å². The van der Waals surface area contributed by atoms with Gasteiger partial charge in [0.2, 0.25) is 10.4 Å². The number of hydrogen-bond donors (Lipinski definition) is 3. The summed E-state index contributed by atoms with van der Waals surface area (Å²) in [4.78, 5) is 65.8. The number of carbonyl (C=O) groups is 4. The van der Waals surface area contributed by atoms with Gasteiger partial charge in [-0.3, -0.25) is 9.59 Å². The maximum absolute atomic E-state index is 14.5. The molecule has 2 spiro atoms. The monoisotopic (exact) mass is 837 g/mol. The molecule has 4 saturated carbocycles. The van der Waals surface area contributed by atoms with Gasteiger partial charge in [0, 0.05) is 30.6 Å². The van der Waals surface area contributed by atoms with Gasteiger partial charge in [-0.05, 0) is 89.1 Å². The fourth-order valence-electron chi connectivity index (χ4n) is 11.1. The van der Waals surface area contributed by atoms with Crippen LogP contribution in [0, 0.1) is 38.9 Å². The largest absolute Gasteiger partial charge is 0.462 e. The van der Waals surface area contributed by atoms with E-state index in [1.807, 2.05) is 13.8 Å². The summed E-state index contributed by atoms with van der Waals surface area (Å²) in [6.45, 7) is 8.95. The first-order valence-corrected chi connectivity index (χ1v) is 20.9. The molecule has 4 bridgehead atoms. The Morgan fingerprint density at radius 2 is 1.66 bits per heavy atom. The highest BCUT2D eigenvalue weighted by Crippen LogP contribution is 2.77. The number of rotatable bonds is 11. The molecule has 3 heterocycles. The number of esters is 3. The van der Waals surface area contributed by atoms with Gasteiger partial charge in [0.15, 0.2) is 5.78 Å². The van der Waals surface area contributed by atoms with E-state index in [1.54, 1.807) is 6.07 Å². The van der Waals surface area contributed by atoms with Crippen molar-refractivity contribution in [3.05, 3.63) is 82.8 Å². The van der Waals surface area contributed by atoms with Crippen LogP contribution in [-0.2, 0) is 38.4 Å². The van der Waals surface area contributed by atoms with Gasteiger partial charge < -0.3 is 33.9 Å². The lowest BCUT2D eigenvalue weighted by Crippen LogP contribution is -2.86. The molecule has 1 unspecified atom stereocenters. The number of aromatic nitrogens is 2. The van der Waals surface area contributed by atoms with Crippen molar-refractivity contribution in [2.75, 3.05) is 19.8 Å². The average Bonchev–Trinajstić information content (AvgIpc) is 3.63. The Morgan fingerprint density at radius 3 is 2.34 bits per heavy atom. The lowest BCUT2D eigenvalue weighted by Gasteiger charge is -2.74. The van der Waals surface area contributed by atoms with Crippen LogP contribution in [-0.4, -0.2) is 91.4 Å². The van der Waals surface area contributed by atoms with Crippen molar-refractivity contribution in [3.63, 3.8) is 0 Å². The van der Waals surface area contributed by atoms with Crippen molar-refractivity contribution in [1.82, 2.24) is 5.16 Å². The highest BCUT2D eigenvalue weighted by Gasteiger charge is 2.88. The summed E-state index contributed by atoms with van der Waals surface area (Å²) in [6, 6.07) is 12.7. The molecule has 17 nitrogen and oxygen atoms in total. The molecular weight excluding hydrogens is 793 g/mol. The Balaban J connectivity index is 0.953. The van der Waals surface area contributed by atoms with E-state index >= 15 is 0 Å². The molecule has 1 aromatic heterocycles. The number of sulfone groups is 1. The zero-order chi connectivity index (χ0) is 42.3. The van der Waals surface area contributed by atoms with Gasteiger partial charge in [-0.25, -0.2) is 18.0 Å². The maximum atomic E-state index is 14.5. The van der Waals surface area contributed by atoms with Crippen molar-refractivity contribution < 1.29 is 70.7 Å². The smallest absolute Gasteiger partial charge is 0.404 e. The summed E-state index contributed by atoms with van der Waals surface area (Å²) in [5.74, 6) is -7.51. The van der Waals surface area contributed by atoms with E-state index in [0.29, 0.717) is 25.7 Å². The number of aliphatic hydroxyl groups excluding tert-OH is 1. The minimum atomic E-state index is -4.28. The van der Waals surface area contributed by atoms with Gasteiger partial charge in [0.05, 0.1) is 35.8 Å². The van der Waals surface area contributed by atoms with E-state index in [9.17, 15) is 42.7 Å². The number of Topliss-reactive ketones (excluding diaryl/α,β-unsaturated/α-hetero) is 1. The van der Waals surface area contributed by atoms with E-state index in [1.165, 1.54) is 55.5 Å². The van der Waals surface area contributed by atoms with Crippen LogP contribution in [0.4, 0.5) is 0 Å². The Labute approximate surface area is 338 Å². The minimum Gasteiger partial charge on any atom is -0.462 e. The number of aromatic amines is 1. The van der Waals surface area contributed by atoms with Crippen molar-refractivity contribution in [1.29, 1.82) is 0 Å². The van der Waals surface area contributed by atoms with E-state index in [2.05, 4.69) is 16.4 Å². The second-order valence-electron chi connectivity index (χ2n) is 16.7. The maximum Gasteiger partial charge on any atom is 0.404 e. The molecule has 314 valence electrons. The van der Waals surface area contributed by atoms with Gasteiger partial charge in [0.1, 0.15) is 23.7 Å². The first kappa shape index (κ1) is 40.6. The minimum absolute atomic E-state index is 0.0289. The number of aliphatic hydroxyl groups is 2. The fraction of sp³-hybridized carbons (Fsp3) is 0.512. The molecule has 2 aromatic carbocycles. The van der Waals surface area contributed by atoms with Crippen LogP contribution in [0.3, 0.4) is 0 Å². The molecule has 6 aliphatic rings. The summed E-state index contributed by atoms with van der Waals surface area (Å²) in [7, 11) is -4.28. The van der Waals surface area contributed by atoms with Gasteiger partial charge in [0.25, 0.3) is 9.84 Å². The highest BCUT2D eigenvalue weighted by molar-refractivity contribution is 7.91. The molecule has 4 aliphatic carbocycles. The molecule has 9 atom stereocenters. The Hall–Kier alpha value is -5.17. The third kappa shape index (κ3) is 5.84. The first-order chi connectivity index (χ1) is 27.9. The highest BCUT2D eigenvalue weighted by atomic mass is 32.2. The van der Waals surface area contributed by atoms with Crippen LogP contribution < -0.4 is 9.34 Å². The normalized spacial score (nSPS) is 32.8. The van der Waals surface area contributed by atoms with Crippen molar-refractivity contribution >= 4 is 33.5 Å². The number of fused-ring (bicyclic) bond motifs is 2. The van der Waals surface area contributed by atoms with Crippen molar-refractivity contribution in [2.24, 2.45) is 34.0 Å². The van der Waals surface area contributed by atoms with Crippen LogP contribution in [0.1, 0.15) is 73.6 Å². The number of nitrogens with one attached hydrogen (secondary N) is 1. The van der Waals surface area contributed by atoms with Crippen LogP contribution in [0.25, 0.3) is 0 Å². The predicted molar refractivity (Wildman–Crippen MR) is 199 cm³/mol. The third-order valence-electron chi connectivity index (χ3n) is 13.4. The first-order valence-electron chi connectivity index (χ1n) is 19.4. The van der Waals surface area contributed by atoms with Crippen molar-refractivity contribution in [3.8, 4) is 5.88 Å². The second-order valence-corrected chi connectivity index (χ2v) is 18.6. The molecule has 2 aliphatic heterocycles. The van der Waals surface area contributed by atoms with Crippen LogP contribution in [0.5, 0.6) is 5.88 Å². The van der Waals surface area contributed by atoms with E-state index in [4.69, 9.17) is 23.7 Å². The van der Waals surface area contributed by atoms with Gasteiger partial charge in [-0.1, -0.05) is 43.3 Å². The summed E-state index contributed by atoms with van der Waals surface area (Å²) < 4.78 is 59.4. The lowest BCUT2D eigenvalue weighted by atomic mass is 9.35. The molecule has 59 heavy (non-hydrogen) atoms. The SMILES string of the molecule is C=C1C(=O)[C@]23[C@H](OC(=O)c4ccc(C(=O)OCCCOc5[nH]o[n+](=O)c5S(=O)(=O)c5ccccc5)cc4)[C@H]1CC[C@H]2[C@@]12CO[C@@]3(O)[C@@H](O)[C@@H]1C(C)(C)CCC2OC(C)=O. The van der Waals surface area contributed by atoms with Crippen LogP contribution >= 0.6 is 0 Å². The number of carbonyl (C=O) groups excluding carboxylic acids is 4. The molecule has 0 radical (unpaired) electrons. The Bertz CT molecular complexity index is 2390. The summed E-state index contributed by atoms with van der Waals surface area (Å²) >= 11 is 0. The molecule has 6 fully saturated rings. The summed E-state index contributed by atoms with van der Waals surface area (Å²) in [5.41, 5.74) is -3.27. The topological polar surface area (TPSA) is 241 Å². The standard InChI is InChI=1S/C41H45N2O15S/c1-22-27-15-16-28-39-21-55-41(49,32(46)30(39)38(3,4)18-17-29(39)56-23(2)44)40(28,31(22)45)33(27)57-37(48)25-13-11-24(12-14-25)36(47)54-20-8-19-53-34-35(43(50)58-42-34)59(51,52)26-9-6-5-7-10-26/h5-7,9-14,27-30,32-33,42,46,49H,1,8,15-21H2,2-4H3/q+1/t27-,28-,29?,30+,32-,33+,39+,40-,41-/m0/s1. The zero-order valence-electron chi connectivity index (χ0n) is 32.6.